The molecule has 0 saturated heterocycles. The van der Waals surface area contributed by atoms with Crippen LogP contribution in [0.15, 0.2) is 55.3 Å². The van der Waals surface area contributed by atoms with Crippen molar-refractivity contribution in [3.05, 3.63) is 52.4 Å². The maximum Gasteiger partial charge on any atom is 0.276 e. The van der Waals surface area contributed by atoms with E-state index in [0.717, 1.165) is 10.2 Å². The topological polar surface area (TPSA) is 71.7 Å². The largest absolute Gasteiger partial charge is 0.460 e. The van der Waals surface area contributed by atoms with Gasteiger partial charge in [0.1, 0.15) is 11.5 Å². The summed E-state index contributed by atoms with van der Waals surface area (Å²) in [7, 11) is -3.65. The van der Waals surface area contributed by atoms with Gasteiger partial charge >= 0.3 is 0 Å². The minimum atomic E-state index is -3.65. The minimum Gasteiger partial charge on any atom is -0.460 e. The van der Waals surface area contributed by atoms with E-state index in [1.54, 1.807) is 31.2 Å². The lowest BCUT2D eigenvalue weighted by molar-refractivity contribution is 0.527. The third-order valence-electron chi connectivity index (χ3n) is 2.25. The molecule has 5 nitrogen and oxygen atoms in total. The van der Waals surface area contributed by atoms with E-state index in [-0.39, 0.29) is 4.90 Å². The Bertz CT molecular complexity index is 690. The Hall–Kier alpha value is -1.60. The zero-order valence-corrected chi connectivity index (χ0v) is 12.4. The van der Waals surface area contributed by atoms with Crippen LogP contribution in [0.25, 0.3) is 0 Å². The van der Waals surface area contributed by atoms with E-state index in [1.165, 1.54) is 18.3 Å². The Morgan fingerprint density at radius 2 is 1.89 bits per heavy atom. The number of nitrogens with zero attached hydrogens (tertiary/aromatic N) is 1. The van der Waals surface area contributed by atoms with E-state index in [4.69, 9.17) is 4.42 Å². The second kappa shape index (κ2) is 5.58. The fraction of sp³-hybridized carbons (Fsp3) is 0.0833. The molecule has 1 aromatic carbocycles. The molecule has 0 atom stereocenters. The fourth-order valence-corrected chi connectivity index (χ4v) is 2.40. The van der Waals surface area contributed by atoms with Crippen LogP contribution < -0.4 is 4.83 Å². The highest BCUT2D eigenvalue weighted by molar-refractivity contribution is 9.10. The first kappa shape index (κ1) is 13.8. The first-order valence-corrected chi connectivity index (χ1v) is 7.62. The molecule has 0 unspecified atom stereocenters. The van der Waals surface area contributed by atoms with Crippen molar-refractivity contribution in [3.8, 4) is 0 Å². The summed E-state index contributed by atoms with van der Waals surface area (Å²) in [5.74, 6) is 1.22. The Kier molecular flexibility index (Phi) is 4.06. The number of hydrogen-bond donors (Lipinski definition) is 1. The lowest BCUT2D eigenvalue weighted by atomic mass is 10.4. The van der Waals surface area contributed by atoms with E-state index in [9.17, 15) is 8.42 Å². The average molecular weight is 343 g/mol. The van der Waals surface area contributed by atoms with Gasteiger partial charge in [-0.25, -0.2) is 0 Å². The van der Waals surface area contributed by atoms with Crippen LogP contribution in [0.3, 0.4) is 0 Å². The summed E-state index contributed by atoms with van der Waals surface area (Å²) < 4.78 is 29.8. The molecule has 2 rings (SSSR count). The highest BCUT2D eigenvalue weighted by Gasteiger charge is 2.11. The van der Waals surface area contributed by atoms with E-state index in [0.29, 0.717) is 5.76 Å². The fourth-order valence-electron chi connectivity index (χ4n) is 1.35. The van der Waals surface area contributed by atoms with Crippen molar-refractivity contribution in [1.29, 1.82) is 0 Å². The monoisotopic (exact) mass is 342 g/mol. The summed E-state index contributed by atoms with van der Waals surface area (Å²) >= 11 is 3.24. The molecule has 0 saturated carbocycles. The average Bonchev–Trinajstić information content (AvgIpc) is 2.75. The van der Waals surface area contributed by atoms with E-state index in [2.05, 4.69) is 25.9 Å². The van der Waals surface area contributed by atoms with Gasteiger partial charge in [-0.15, -0.1) is 0 Å². The van der Waals surface area contributed by atoms with Crippen LogP contribution in [-0.2, 0) is 10.0 Å². The molecule has 0 bridgehead atoms. The minimum absolute atomic E-state index is 0.142. The molecule has 1 heterocycles. The Balaban J connectivity index is 2.09. The molecule has 1 aromatic heterocycles. The second-order valence-corrected chi connectivity index (χ2v) is 6.33. The van der Waals surface area contributed by atoms with Crippen LogP contribution in [0.5, 0.6) is 0 Å². The number of halogens is 1. The van der Waals surface area contributed by atoms with E-state index >= 15 is 0 Å². The molecular weight excluding hydrogens is 332 g/mol. The number of benzene rings is 1. The molecule has 7 heteroatoms. The Morgan fingerprint density at radius 3 is 2.47 bits per heavy atom. The van der Waals surface area contributed by atoms with Crippen molar-refractivity contribution in [3.63, 3.8) is 0 Å². The van der Waals surface area contributed by atoms with Gasteiger partial charge in [0.2, 0.25) is 0 Å². The van der Waals surface area contributed by atoms with Crippen LogP contribution in [-0.4, -0.2) is 14.6 Å². The smallest absolute Gasteiger partial charge is 0.276 e. The number of nitrogens with one attached hydrogen (secondary N) is 1. The summed E-state index contributed by atoms with van der Waals surface area (Å²) in [6.45, 7) is 1.79. The zero-order valence-electron chi connectivity index (χ0n) is 10.00. The number of furan rings is 1. The molecule has 100 valence electrons. The van der Waals surface area contributed by atoms with Gasteiger partial charge in [-0.2, -0.15) is 18.4 Å². The van der Waals surface area contributed by atoms with Crippen LogP contribution >= 0.6 is 15.9 Å². The van der Waals surface area contributed by atoms with Crippen molar-refractivity contribution in [2.24, 2.45) is 5.10 Å². The van der Waals surface area contributed by atoms with Gasteiger partial charge in [0, 0.05) is 4.47 Å². The number of rotatable bonds is 4. The molecule has 0 spiro atoms. The molecule has 0 amide bonds. The number of hydrogen-bond acceptors (Lipinski definition) is 4. The summed E-state index contributed by atoms with van der Waals surface area (Å²) in [4.78, 5) is 2.26. The third kappa shape index (κ3) is 3.68. The van der Waals surface area contributed by atoms with Crippen molar-refractivity contribution in [1.82, 2.24) is 4.83 Å². The van der Waals surface area contributed by atoms with Crippen molar-refractivity contribution < 1.29 is 12.8 Å². The van der Waals surface area contributed by atoms with Gasteiger partial charge in [0.05, 0.1) is 11.1 Å². The standard InChI is InChI=1S/C12H11BrN2O3S/c1-9-2-5-11(18-9)8-14-15-19(16,17)12-6-3-10(13)4-7-12/h2-8,15H,1H3. The predicted octanol–water partition coefficient (Wildman–Crippen LogP) is 2.66. The summed E-state index contributed by atoms with van der Waals surface area (Å²) in [5.41, 5.74) is 0. The molecule has 0 aliphatic rings. The number of aryl methyl sites for hydroxylation is 1. The molecule has 19 heavy (non-hydrogen) atoms. The normalized spacial score (nSPS) is 11.9. The van der Waals surface area contributed by atoms with Gasteiger partial charge in [0.25, 0.3) is 10.0 Å². The molecule has 0 fully saturated rings. The summed E-state index contributed by atoms with van der Waals surface area (Å²) in [6.07, 6.45) is 1.31. The molecule has 0 aliphatic heterocycles. The molecule has 0 aliphatic carbocycles. The van der Waals surface area contributed by atoms with Gasteiger partial charge < -0.3 is 4.42 Å². The van der Waals surface area contributed by atoms with E-state index in [1.807, 2.05) is 0 Å². The molecule has 0 radical (unpaired) electrons. The van der Waals surface area contributed by atoms with Crippen LogP contribution in [0.2, 0.25) is 0 Å². The molecular formula is C12H11BrN2O3S. The van der Waals surface area contributed by atoms with Gasteiger partial charge in [-0.3, -0.25) is 0 Å². The summed E-state index contributed by atoms with van der Waals surface area (Å²) in [5, 5.41) is 3.66. The lowest BCUT2D eigenvalue weighted by Crippen LogP contribution is -2.18. The van der Waals surface area contributed by atoms with Crippen LogP contribution in [0, 0.1) is 6.92 Å². The van der Waals surface area contributed by atoms with Crippen molar-refractivity contribution in [2.45, 2.75) is 11.8 Å². The first-order chi connectivity index (χ1) is 8.97. The lowest BCUT2D eigenvalue weighted by Gasteiger charge is -2.02. The van der Waals surface area contributed by atoms with Crippen molar-refractivity contribution >= 4 is 32.2 Å². The number of hydrazone groups is 1. The van der Waals surface area contributed by atoms with Gasteiger partial charge in [-0.05, 0) is 43.3 Å². The molecule has 2 aromatic rings. The first-order valence-electron chi connectivity index (χ1n) is 5.34. The van der Waals surface area contributed by atoms with Crippen molar-refractivity contribution in [2.75, 3.05) is 0 Å². The Labute approximate surface area is 119 Å². The maximum absolute atomic E-state index is 11.9. The van der Waals surface area contributed by atoms with Crippen LogP contribution in [0.1, 0.15) is 11.5 Å². The zero-order chi connectivity index (χ0) is 13.9. The summed E-state index contributed by atoms with van der Waals surface area (Å²) in [6, 6.07) is 9.73. The second-order valence-electron chi connectivity index (χ2n) is 3.76. The van der Waals surface area contributed by atoms with Gasteiger partial charge in [-0.1, -0.05) is 15.9 Å². The maximum atomic E-state index is 11.9. The Morgan fingerprint density at radius 1 is 1.21 bits per heavy atom. The SMILES string of the molecule is Cc1ccc(C=NNS(=O)(=O)c2ccc(Br)cc2)o1. The van der Waals surface area contributed by atoms with Crippen LogP contribution in [0.4, 0.5) is 0 Å². The predicted molar refractivity (Wildman–Crippen MR) is 75.5 cm³/mol. The van der Waals surface area contributed by atoms with E-state index < -0.39 is 10.0 Å². The van der Waals surface area contributed by atoms with Gasteiger partial charge in [0.15, 0.2) is 0 Å². The highest BCUT2D eigenvalue weighted by Crippen LogP contribution is 2.14. The third-order valence-corrected chi connectivity index (χ3v) is 4.02. The molecule has 1 N–H and O–H groups in total. The quantitative estimate of drug-likeness (QED) is 0.685. The highest BCUT2D eigenvalue weighted by atomic mass is 79.9. The number of sulfonamides is 1.